The molecule has 2 amide bonds. The van der Waals surface area contributed by atoms with Crippen LogP contribution in [0.1, 0.15) is 29.6 Å². The Labute approximate surface area is 108 Å². The number of rotatable bonds is 3. The maximum absolute atomic E-state index is 12.1. The highest BCUT2D eigenvalue weighted by atomic mass is 16.2. The van der Waals surface area contributed by atoms with Gasteiger partial charge in [-0.05, 0) is 41.8 Å². The molecule has 2 aromatic heterocycles. The van der Waals surface area contributed by atoms with Crippen molar-refractivity contribution in [2.75, 3.05) is 0 Å². The molecule has 0 atom stereocenters. The van der Waals surface area contributed by atoms with Crippen LogP contribution in [0, 0.1) is 0 Å². The lowest BCUT2D eigenvalue weighted by atomic mass is 9.76. The lowest BCUT2D eigenvalue weighted by Crippen LogP contribution is -2.61. The largest absolute Gasteiger partial charge is 0.368 e. The topological polar surface area (TPSA) is 115 Å². The number of pyridine rings is 1. The Balaban J connectivity index is 1.85. The van der Waals surface area contributed by atoms with E-state index in [0.29, 0.717) is 24.1 Å². The predicted octanol–water partition coefficient (Wildman–Crippen LogP) is -0.738. The second kappa shape index (κ2) is 4.01. The van der Waals surface area contributed by atoms with Crippen LogP contribution in [0.15, 0.2) is 18.3 Å². The molecular formula is C11H12N6O2. The molecule has 2 heterocycles. The predicted molar refractivity (Wildman–Crippen MR) is 64.0 cm³/mol. The molecule has 1 aliphatic carbocycles. The second-order valence-corrected chi connectivity index (χ2v) is 4.65. The first-order valence-corrected chi connectivity index (χ1v) is 5.91. The number of fused-ring (bicyclic) bond motifs is 1. The summed E-state index contributed by atoms with van der Waals surface area (Å²) < 4.78 is 1.45. The molecule has 3 rings (SSSR count). The first-order valence-electron chi connectivity index (χ1n) is 5.91. The van der Waals surface area contributed by atoms with Crippen LogP contribution < -0.4 is 11.1 Å². The number of carbonyl (C=O) groups excluding carboxylic acids is 2. The Morgan fingerprint density at radius 3 is 2.84 bits per heavy atom. The highest BCUT2D eigenvalue weighted by Crippen LogP contribution is 2.31. The summed E-state index contributed by atoms with van der Waals surface area (Å²) in [5.74, 6) is -0.832. The third-order valence-corrected chi connectivity index (χ3v) is 3.49. The first kappa shape index (κ1) is 11.6. The average molecular weight is 260 g/mol. The average Bonchev–Trinajstić information content (AvgIpc) is 2.79. The second-order valence-electron chi connectivity index (χ2n) is 4.65. The standard InChI is InChI=1S/C11H12N6O2/c12-10(19)11(3-1-4-11)13-9(18)7-2-5-17-8(6-7)14-15-16-17/h2,5-6H,1,3-4H2,(H2,12,19)(H,13,18). The summed E-state index contributed by atoms with van der Waals surface area (Å²) in [5, 5.41) is 13.7. The van der Waals surface area contributed by atoms with Crippen molar-refractivity contribution in [3.05, 3.63) is 23.9 Å². The molecule has 98 valence electrons. The molecule has 0 radical (unpaired) electrons. The minimum atomic E-state index is -0.894. The molecule has 8 nitrogen and oxygen atoms in total. The molecule has 0 aliphatic heterocycles. The fourth-order valence-electron chi connectivity index (χ4n) is 2.13. The number of hydrogen-bond donors (Lipinski definition) is 2. The van der Waals surface area contributed by atoms with Crippen molar-refractivity contribution in [1.82, 2.24) is 25.4 Å². The third-order valence-electron chi connectivity index (χ3n) is 3.49. The van der Waals surface area contributed by atoms with Gasteiger partial charge in [-0.15, -0.1) is 5.10 Å². The quantitative estimate of drug-likeness (QED) is 0.754. The fraction of sp³-hybridized carbons (Fsp3) is 0.364. The van der Waals surface area contributed by atoms with Crippen molar-refractivity contribution in [3.63, 3.8) is 0 Å². The van der Waals surface area contributed by atoms with Crippen LogP contribution in [0.4, 0.5) is 0 Å². The van der Waals surface area contributed by atoms with Gasteiger partial charge in [0, 0.05) is 11.8 Å². The van der Waals surface area contributed by atoms with Crippen LogP contribution >= 0.6 is 0 Å². The van der Waals surface area contributed by atoms with E-state index in [2.05, 4.69) is 20.8 Å². The van der Waals surface area contributed by atoms with E-state index < -0.39 is 11.4 Å². The van der Waals surface area contributed by atoms with Crippen molar-refractivity contribution in [3.8, 4) is 0 Å². The van der Waals surface area contributed by atoms with Crippen LogP contribution in [-0.4, -0.2) is 37.4 Å². The summed E-state index contributed by atoms with van der Waals surface area (Å²) >= 11 is 0. The number of hydrogen-bond acceptors (Lipinski definition) is 5. The Hall–Kier alpha value is -2.51. The van der Waals surface area contributed by atoms with Crippen LogP contribution in [0.25, 0.3) is 5.65 Å². The van der Waals surface area contributed by atoms with Crippen LogP contribution in [0.2, 0.25) is 0 Å². The zero-order valence-electron chi connectivity index (χ0n) is 10.0. The molecule has 1 fully saturated rings. The van der Waals surface area contributed by atoms with E-state index in [0.717, 1.165) is 6.42 Å². The van der Waals surface area contributed by atoms with Gasteiger partial charge < -0.3 is 11.1 Å². The molecular weight excluding hydrogens is 248 g/mol. The van der Waals surface area contributed by atoms with Gasteiger partial charge in [0.05, 0.1) is 0 Å². The zero-order chi connectivity index (χ0) is 13.5. The van der Waals surface area contributed by atoms with E-state index in [1.54, 1.807) is 18.3 Å². The number of tetrazole rings is 1. The van der Waals surface area contributed by atoms with Gasteiger partial charge in [-0.1, -0.05) is 0 Å². The lowest BCUT2D eigenvalue weighted by molar-refractivity contribution is -0.127. The van der Waals surface area contributed by atoms with Gasteiger partial charge in [0.25, 0.3) is 5.91 Å². The Morgan fingerprint density at radius 1 is 1.42 bits per heavy atom. The summed E-state index contributed by atoms with van der Waals surface area (Å²) in [6.07, 6.45) is 3.64. The van der Waals surface area contributed by atoms with Gasteiger partial charge >= 0.3 is 0 Å². The number of carbonyl (C=O) groups is 2. The van der Waals surface area contributed by atoms with Crippen molar-refractivity contribution < 1.29 is 9.59 Å². The van der Waals surface area contributed by atoms with Crippen LogP contribution in [0.3, 0.4) is 0 Å². The zero-order valence-corrected chi connectivity index (χ0v) is 10.0. The molecule has 0 bridgehead atoms. The van der Waals surface area contributed by atoms with Gasteiger partial charge in [0.1, 0.15) is 5.54 Å². The molecule has 0 aromatic carbocycles. The van der Waals surface area contributed by atoms with Gasteiger partial charge in [0.2, 0.25) is 5.91 Å². The van der Waals surface area contributed by atoms with Gasteiger partial charge in [-0.25, -0.2) is 4.52 Å². The normalized spacial score (nSPS) is 16.8. The fourth-order valence-corrected chi connectivity index (χ4v) is 2.13. The van der Waals surface area contributed by atoms with Crippen molar-refractivity contribution in [1.29, 1.82) is 0 Å². The highest BCUT2D eigenvalue weighted by Gasteiger charge is 2.44. The molecule has 3 N–H and O–H groups in total. The maximum atomic E-state index is 12.1. The lowest BCUT2D eigenvalue weighted by Gasteiger charge is -2.39. The number of aromatic nitrogens is 4. The number of nitrogens with one attached hydrogen (secondary N) is 1. The number of nitrogens with zero attached hydrogens (tertiary/aromatic N) is 4. The molecule has 1 saturated carbocycles. The Bertz CT molecular complexity index is 660. The maximum Gasteiger partial charge on any atom is 0.252 e. The number of primary amides is 1. The van der Waals surface area contributed by atoms with E-state index >= 15 is 0 Å². The van der Waals surface area contributed by atoms with Crippen molar-refractivity contribution >= 4 is 17.5 Å². The van der Waals surface area contributed by atoms with Gasteiger partial charge in [0.15, 0.2) is 5.65 Å². The summed E-state index contributed by atoms with van der Waals surface area (Å²) in [4.78, 5) is 23.5. The highest BCUT2D eigenvalue weighted by molar-refractivity contribution is 5.99. The summed E-state index contributed by atoms with van der Waals surface area (Å²) in [6.45, 7) is 0. The van der Waals surface area contributed by atoms with Crippen LogP contribution in [-0.2, 0) is 4.79 Å². The van der Waals surface area contributed by atoms with Crippen molar-refractivity contribution in [2.45, 2.75) is 24.8 Å². The summed E-state index contributed by atoms with van der Waals surface area (Å²) in [7, 11) is 0. The van der Waals surface area contributed by atoms with E-state index in [-0.39, 0.29) is 5.91 Å². The molecule has 8 heteroatoms. The van der Waals surface area contributed by atoms with Crippen molar-refractivity contribution in [2.24, 2.45) is 5.73 Å². The van der Waals surface area contributed by atoms with E-state index in [4.69, 9.17) is 5.73 Å². The molecule has 0 saturated heterocycles. The Kier molecular flexibility index (Phi) is 2.44. The van der Waals surface area contributed by atoms with Gasteiger partial charge in [-0.3, -0.25) is 9.59 Å². The number of nitrogens with two attached hydrogens (primary N) is 1. The van der Waals surface area contributed by atoms with Gasteiger partial charge in [-0.2, -0.15) is 0 Å². The molecule has 19 heavy (non-hydrogen) atoms. The third kappa shape index (κ3) is 1.81. The summed E-state index contributed by atoms with van der Waals surface area (Å²) in [5.41, 5.74) is 5.31. The number of amides is 2. The first-order chi connectivity index (χ1) is 9.11. The van der Waals surface area contributed by atoms with E-state index in [1.165, 1.54) is 4.52 Å². The smallest absolute Gasteiger partial charge is 0.252 e. The Morgan fingerprint density at radius 2 is 2.21 bits per heavy atom. The minimum Gasteiger partial charge on any atom is -0.368 e. The van der Waals surface area contributed by atoms with Crippen LogP contribution in [0.5, 0.6) is 0 Å². The van der Waals surface area contributed by atoms with E-state index in [9.17, 15) is 9.59 Å². The SMILES string of the molecule is NC(=O)C1(NC(=O)c2ccn3nnnc3c2)CCC1. The molecule has 2 aromatic rings. The minimum absolute atomic E-state index is 0.344. The summed E-state index contributed by atoms with van der Waals surface area (Å²) in [6, 6.07) is 3.15. The molecule has 1 aliphatic rings. The molecule has 0 unspecified atom stereocenters. The molecule has 0 spiro atoms. The van der Waals surface area contributed by atoms with E-state index in [1.807, 2.05) is 0 Å². The monoisotopic (exact) mass is 260 g/mol.